The maximum Gasteiger partial charge on any atom is 0.254 e. The summed E-state index contributed by atoms with van der Waals surface area (Å²) in [4.78, 5) is 26.7. The highest BCUT2D eigenvalue weighted by Gasteiger charge is 2.21. The lowest BCUT2D eigenvalue weighted by atomic mass is 9.94. The number of aryl methyl sites for hydroxylation is 1. The van der Waals surface area contributed by atoms with Crippen molar-refractivity contribution in [1.29, 1.82) is 0 Å². The highest BCUT2D eigenvalue weighted by Crippen LogP contribution is 2.28. The van der Waals surface area contributed by atoms with Crippen LogP contribution in [0.5, 0.6) is 0 Å². The Morgan fingerprint density at radius 2 is 1.94 bits per heavy atom. The fraction of sp³-hybridized carbons (Fsp3) is 0.560. The average molecular weight is 455 g/mol. The van der Waals surface area contributed by atoms with Gasteiger partial charge in [-0.2, -0.15) is 0 Å². The maximum atomic E-state index is 12.8. The van der Waals surface area contributed by atoms with Crippen LogP contribution in [0.4, 0.5) is 5.82 Å². The van der Waals surface area contributed by atoms with Crippen molar-refractivity contribution in [3.63, 3.8) is 0 Å². The first-order valence-corrected chi connectivity index (χ1v) is 12.8. The van der Waals surface area contributed by atoms with Crippen LogP contribution in [0.1, 0.15) is 60.6 Å². The normalized spacial score (nSPS) is 17.4. The zero-order valence-electron chi connectivity index (χ0n) is 19.3. The molecular weight excluding hydrogens is 420 g/mol. The van der Waals surface area contributed by atoms with Gasteiger partial charge in [-0.05, 0) is 37.0 Å². The number of morpholine rings is 1. The molecule has 4 rings (SSSR count). The largest absolute Gasteiger partial charge is 0.378 e. The molecule has 1 aromatic carbocycles. The summed E-state index contributed by atoms with van der Waals surface area (Å²) in [6, 6.07) is 10.7. The topological polar surface area (TPSA) is 58.6 Å². The zero-order valence-corrected chi connectivity index (χ0v) is 20.1. The molecular formula is C25H34N4O2S. The Bertz CT molecular complexity index is 911. The molecule has 1 aromatic heterocycles. The summed E-state index contributed by atoms with van der Waals surface area (Å²) in [5.41, 5.74) is 2.93. The first-order valence-electron chi connectivity index (χ1n) is 11.8. The Balaban J connectivity index is 1.44. The molecule has 2 heterocycles. The van der Waals surface area contributed by atoms with Crippen LogP contribution in [0.2, 0.25) is 0 Å². The Hall–Kier alpha value is -2.12. The van der Waals surface area contributed by atoms with Crippen molar-refractivity contribution >= 4 is 23.5 Å². The van der Waals surface area contributed by atoms with Crippen molar-refractivity contribution in [2.45, 2.75) is 62.4 Å². The van der Waals surface area contributed by atoms with Gasteiger partial charge < -0.3 is 14.5 Å². The predicted octanol–water partition coefficient (Wildman–Crippen LogP) is 4.57. The van der Waals surface area contributed by atoms with Crippen LogP contribution >= 0.6 is 11.8 Å². The lowest BCUT2D eigenvalue weighted by Gasteiger charge is -2.32. The molecule has 2 fully saturated rings. The minimum absolute atomic E-state index is 0.0840. The van der Waals surface area contributed by atoms with Crippen LogP contribution in [0.25, 0.3) is 0 Å². The molecule has 1 amide bonds. The quantitative estimate of drug-likeness (QED) is 0.451. The van der Waals surface area contributed by atoms with E-state index in [4.69, 9.17) is 14.7 Å². The van der Waals surface area contributed by atoms with Crippen LogP contribution in [-0.2, 0) is 16.9 Å². The van der Waals surface area contributed by atoms with Gasteiger partial charge in [-0.15, -0.1) is 0 Å². The third-order valence-corrected chi connectivity index (χ3v) is 7.35. The molecule has 0 unspecified atom stereocenters. The van der Waals surface area contributed by atoms with Gasteiger partial charge >= 0.3 is 0 Å². The van der Waals surface area contributed by atoms with E-state index in [0.717, 1.165) is 40.0 Å². The Morgan fingerprint density at radius 1 is 1.16 bits per heavy atom. The second-order valence-electron chi connectivity index (χ2n) is 8.65. The van der Waals surface area contributed by atoms with E-state index >= 15 is 0 Å². The Kier molecular flexibility index (Phi) is 8.03. The molecule has 0 radical (unpaired) electrons. The lowest BCUT2D eigenvalue weighted by Crippen LogP contribution is -2.40. The number of hydrogen-bond donors (Lipinski definition) is 0. The smallest absolute Gasteiger partial charge is 0.254 e. The van der Waals surface area contributed by atoms with E-state index in [1.807, 2.05) is 23.1 Å². The first-order chi connectivity index (χ1) is 15.6. The SMILES string of the molecule is CCc1cc(N(C)C2CCCCC2)nc(SCc2cccc(C(=O)N3CCOCC3)c2)n1. The number of carbonyl (C=O) groups excluding carboxylic acids is 1. The molecule has 0 atom stereocenters. The predicted molar refractivity (Wildman–Crippen MR) is 129 cm³/mol. The number of anilines is 1. The minimum Gasteiger partial charge on any atom is -0.378 e. The number of nitrogens with zero attached hydrogens (tertiary/aromatic N) is 4. The molecule has 172 valence electrons. The van der Waals surface area contributed by atoms with Crippen molar-refractivity contribution in [1.82, 2.24) is 14.9 Å². The molecule has 1 saturated carbocycles. The molecule has 0 N–H and O–H groups in total. The van der Waals surface area contributed by atoms with Crippen molar-refractivity contribution in [3.05, 3.63) is 47.2 Å². The van der Waals surface area contributed by atoms with E-state index < -0.39 is 0 Å². The lowest BCUT2D eigenvalue weighted by molar-refractivity contribution is 0.0303. The van der Waals surface area contributed by atoms with E-state index in [1.54, 1.807) is 11.8 Å². The number of thioether (sulfide) groups is 1. The second-order valence-corrected chi connectivity index (χ2v) is 9.59. The fourth-order valence-corrected chi connectivity index (χ4v) is 5.25. The van der Waals surface area contributed by atoms with Gasteiger partial charge in [0.2, 0.25) is 0 Å². The number of carbonyl (C=O) groups is 1. The van der Waals surface area contributed by atoms with Crippen LogP contribution in [0.15, 0.2) is 35.5 Å². The molecule has 2 aromatic rings. The summed E-state index contributed by atoms with van der Waals surface area (Å²) in [5.74, 6) is 1.85. The maximum absolute atomic E-state index is 12.8. The standard InChI is InChI=1S/C25H34N4O2S/c1-3-21-17-23(28(2)22-10-5-4-6-11-22)27-25(26-21)32-18-19-8-7-9-20(16-19)24(30)29-12-14-31-15-13-29/h7-9,16-17,22H,3-6,10-15,18H2,1-2H3. The fourth-order valence-electron chi connectivity index (χ4n) is 4.43. The third kappa shape index (κ3) is 5.81. The molecule has 1 saturated heterocycles. The number of benzene rings is 1. The van der Waals surface area contributed by atoms with E-state index in [0.29, 0.717) is 32.3 Å². The Labute approximate surface area is 195 Å². The molecule has 0 spiro atoms. The average Bonchev–Trinajstić information content (AvgIpc) is 2.87. The second kappa shape index (κ2) is 11.1. The van der Waals surface area contributed by atoms with E-state index in [1.165, 1.54) is 32.1 Å². The third-order valence-electron chi connectivity index (χ3n) is 6.43. The van der Waals surface area contributed by atoms with Crippen LogP contribution in [-0.4, -0.2) is 60.2 Å². The molecule has 2 aliphatic rings. The van der Waals surface area contributed by atoms with E-state index in [2.05, 4.69) is 31.0 Å². The van der Waals surface area contributed by atoms with Crippen LogP contribution in [0, 0.1) is 0 Å². The number of ether oxygens (including phenoxy) is 1. The van der Waals surface area contributed by atoms with Crippen LogP contribution in [0.3, 0.4) is 0 Å². The van der Waals surface area contributed by atoms with E-state index in [9.17, 15) is 4.79 Å². The van der Waals surface area contributed by atoms with E-state index in [-0.39, 0.29) is 5.91 Å². The van der Waals surface area contributed by atoms with Gasteiger partial charge in [-0.3, -0.25) is 4.79 Å². The number of rotatable bonds is 7. The van der Waals surface area contributed by atoms with Gasteiger partial charge in [0.1, 0.15) is 5.82 Å². The molecule has 7 heteroatoms. The summed E-state index contributed by atoms with van der Waals surface area (Å²) in [7, 11) is 2.17. The van der Waals surface area contributed by atoms with Crippen molar-refractivity contribution < 1.29 is 9.53 Å². The highest BCUT2D eigenvalue weighted by atomic mass is 32.2. The van der Waals surface area contributed by atoms with Gasteiger partial charge in [0.05, 0.1) is 13.2 Å². The molecule has 0 bridgehead atoms. The van der Waals surface area contributed by atoms with Gasteiger partial charge in [-0.1, -0.05) is 50.1 Å². The first kappa shape index (κ1) is 23.1. The van der Waals surface area contributed by atoms with Gasteiger partial charge in [0.25, 0.3) is 5.91 Å². The van der Waals surface area contributed by atoms with Gasteiger partial charge in [0, 0.05) is 49.3 Å². The molecule has 32 heavy (non-hydrogen) atoms. The number of aromatic nitrogens is 2. The van der Waals surface area contributed by atoms with Crippen molar-refractivity contribution in [2.75, 3.05) is 38.3 Å². The number of hydrogen-bond acceptors (Lipinski definition) is 6. The number of amides is 1. The summed E-state index contributed by atoms with van der Waals surface area (Å²) in [5, 5.41) is 0.812. The highest BCUT2D eigenvalue weighted by molar-refractivity contribution is 7.98. The minimum atomic E-state index is 0.0840. The summed E-state index contributed by atoms with van der Waals surface area (Å²) in [6.45, 7) is 4.69. The van der Waals surface area contributed by atoms with Crippen molar-refractivity contribution in [2.24, 2.45) is 0 Å². The zero-order chi connectivity index (χ0) is 22.3. The van der Waals surface area contributed by atoms with Crippen molar-refractivity contribution in [3.8, 4) is 0 Å². The van der Waals surface area contributed by atoms with Gasteiger partial charge in [0.15, 0.2) is 5.16 Å². The monoisotopic (exact) mass is 454 g/mol. The summed E-state index contributed by atoms with van der Waals surface area (Å²) < 4.78 is 5.37. The summed E-state index contributed by atoms with van der Waals surface area (Å²) in [6.07, 6.45) is 7.35. The van der Waals surface area contributed by atoms with Gasteiger partial charge in [-0.25, -0.2) is 9.97 Å². The molecule has 1 aliphatic carbocycles. The molecule has 6 nitrogen and oxygen atoms in total. The molecule has 1 aliphatic heterocycles. The Morgan fingerprint density at radius 3 is 2.69 bits per heavy atom. The van der Waals surface area contributed by atoms with Crippen LogP contribution < -0.4 is 4.90 Å². The summed E-state index contributed by atoms with van der Waals surface area (Å²) >= 11 is 1.64.